The molecule has 7 aliphatic rings. The number of fused-ring (bicyclic) bond motifs is 1. The Morgan fingerprint density at radius 3 is 1.13 bits per heavy atom. The molecule has 28 atom stereocenters. The maximum absolute atomic E-state index is 13.9. The van der Waals surface area contributed by atoms with Crippen molar-refractivity contribution in [3.8, 4) is 0 Å². The number of carboxylic acids is 2. The van der Waals surface area contributed by atoms with Crippen molar-refractivity contribution in [2.45, 2.75) is 222 Å². The van der Waals surface area contributed by atoms with Crippen LogP contribution in [0.15, 0.2) is 0 Å². The first-order valence-electron chi connectivity index (χ1n) is 33.6. The van der Waals surface area contributed by atoms with Crippen LogP contribution >= 0.6 is 11.8 Å². The molecule has 7 saturated heterocycles. The molecule has 0 aromatic carbocycles. The molecule has 4 N–H and O–H groups in total. The van der Waals surface area contributed by atoms with E-state index in [1.54, 1.807) is 11.8 Å². The van der Waals surface area contributed by atoms with Crippen molar-refractivity contribution in [1.29, 1.82) is 0 Å². The summed E-state index contributed by atoms with van der Waals surface area (Å²) in [4.78, 5) is 65.1. The molecule has 55 nitrogen and oxygen atoms in total. The summed E-state index contributed by atoms with van der Waals surface area (Å²) in [6.07, 6.45) is -59.3. The third kappa shape index (κ3) is 42.2. The van der Waals surface area contributed by atoms with Gasteiger partial charge in [0.2, 0.25) is 84.6 Å². The second-order valence-electron chi connectivity index (χ2n) is 25.5. The summed E-state index contributed by atoms with van der Waals surface area (Å²) >= 11 is 1.73. The van der Waals surface area contributed by atoms with Crippen molar-refractivity contribution in [3.63, 3.8) is 0 Å². The SMILES string of the molecule is CO[C@H]1O[C@H](COS(=O)(=O)[O-])[C@@H](O[C@@H]2O[C@@H](C(=O)[O-])[C@@H](O[C@H]3O[C@H](COS(=O)(=O)[O-])[C@@H](O[C@@H]4O[C@H](C(=O)[O-])[C@@H](O[C@H]5O[C@H](COS(=O)(=O)[O-])[C@@H](OC)[C@H](OC)[C@H]5NC(=O)CCCCCNC(=O)CCCC[C@@H]5SC[C@@H]6NC(=O)N[C@@H]65)[C@H](OC)[C@H]4OC)[C@H](OS(=O)(=O)[O-])[C@H]3OS(=O)(=O)[O-])[C@H](OC)[C@H]2OC)[C@H](OS(=O)(=O)[O-])[C@H]1OS(=O)(=O)[O-].[Na+].[Na+].[Na+].[Na+].[Na+].[Na+].[Na+].[Na+].[Na+]. The fraction of sp³-hybridized carbons (Fsp3) is 0.906. The fourth-order valence-corrected chi connectivity index (χ4v) is 17.9. The Kier molecular flexibility index (Phi) is 64.8. The molecule has 7 heterocycles. The number of hydrogen-bond acceptors (Lipinski definition) is 52. The molecule has 0 radical (unpaired) electrons. The monoisotopic (exact) mass is 2050 g/mol. The topological polar surface area (TPSA) is 792 Å². The van der Waals surface area contributed by atoms with Crippen LogP contribution in [0.4, 0.5) is 4.79 Å². The van der Waals surface area contributed by atoms with Gasteiger partial charge >= 0.3 is 272 Å². The summed E-state index contributed by atoms with van der Waals surface area (Å²) in [7, 11) is -37.5. The molecule has 72 heteroatoms. The van der Waals surface area contributed by atoms with Gasteiger partial charge in [0.25, 0.3) is 0 Å². The zero-order valence-corrected chi connectivity index (χ0v) is 94.5. The zero-order chi connectivity index (χ0) is 86.5. The van der Waals surface area contributed by atoms with Gasteiger partial charge in [-0.3, -0.25) is 38.9 Å². The van der Waals surface area contributed by atoms with Gasteiger partial charge in [-0.2, -0.15) is 11.8 Å². The van der Waals surface area contributed by atoms with Crippen LogP contribution in [0.3, 0.4) is 0 Å². The number of hydrogen-bond donors (Lipinski definition) is 4. The minimum Gasteiger partial charge on any atom is -0.726 e. The number of aliphatic carboxylic acids is 2. The van der Waals surface area contributed by atoms with Crippen LogP contribution in [0.1, 0.15) is 51.4 Å². The Labute approximate surface area is 922 Å². The molecule has 4 amide bonds. The van der Waals surface area contributed by atoms with E-state index >= 15 is 0 Å². The van der Waals surface area contributed by atoms with Gasteiger partial charge in [-0.25, -0.2) is 63.7 Å². The normalized spacial score (nSPS) is 33.0. The van der Waals surface area contributed by atoms with Crippen LogP contribution in [0.25, 0.3) is 0 Å². The number of ether oxygens (including phenoxy) is 16. The first-order chi connectivity index (χ1) is 53.9. The number of urea groups is 1. The second-order valence-corrected chi connectivity index (χ2v) is 34.0. The number of carbonyl (C=O) groups is 5. The van der Waals surface area contributed by atoms with Crippen molar-refractivity contribution in [2.24, 2.45) is 0 Å². The Hall–Kier alpha value is 4.95. The molecule has 0 saturated carbocycles. The molecule has 0 aliphatic carbocycles. The third-order valence-electron chi connectivity index (χ3n) is 18.2. The van der Waals surface area contributed by atoms with Crippen LogP contribution in [0.2, 0.25) is 0 Å². The number of carbonyl (C=O) groups excluding carboxylic acids is 5. The number of carboxylic acid groups (broad SMARTS) is 2. The van der Waals surface area contributed by atoms with Crippen molar-refractivity contribution >= 4 is 114 Å². The Morgan fingerprint density at radius 1 is 0.384 bits per heavy atom. The van der Waals surface area contributed by atoms with E-state index in [-0.39, 0.29) is 321 Å². The van der Waals surface area contributed by atoms with E-state index in [9.17, 15) is 125 Å². The quantitative estimate of drug-likeness (QED) is 0.0145. The van der Waals surface area contributed by atoms with Gasteiger partial charge in [-0.1, -0.05) is 12.8 Å². The van der Waals surface area contributed by atoms with Crippen LogP contribution in [-0.4, -0.2) is 373 Å². The summed E-state index contributed by atoms with van der Waals surface area (Å²) in [6.45, 7) is -4.64. The van der Waals surface area contributed by atoms with E-state index in [0.29, 0.717) is 40.6 Å². The average Bonchev–Trinajstić information content (AvgIpc) is 1.22. The largest absolute Gasteiger partial charge is 1.00 e. The van der Waals surface area contributed by atoms with Gasteiger partial charge in [0, 0.05) is 80.2 Å². The molecule has 7 rings (SSSR count). The molecule has 0 bridgehead atoms. The predicted octanol–water partition coefficient (Wildman–Crippen LogP) is -38.9. The average molecular weight is 2050 g/mol. The molecule has 125 heavy (non-hydrogen) atoms. The summed E-state index contributed by atoms with van der Waals surface area (Å²) < 4.78 is 378. The minimum absolute atomic E-state index is 0. The number of rotatable bonds is 46. The van der Waals surface area contributed by atoms with E-state index in [1.807, 2.05) is 0 Å². The van der Waals surface area contributed by atoms with E-state index in [4.69, 9.17) is 75.8 Å². The Bertz CT molecular complexity index is 4190. The molecule has 674 valence electrons. The van der Waals surface area contributed by atoms with Gasteiger partial charge in [-0.15, -0.1) is 0 Å². The van der Waals surface area contributed by atoms with Crippen LogP contribution < -0.4 is 297 Å². The number of unbranched alkanes of at least 4 members (excludes halogenated alkanes) is 3. The van der Waals surface area contributed by atoms with Crippen LogP contribution in [0.5, 0.6) is 0 Å². The van der Waals surface area contributed by atoms with Gasteiger partial charge in [0.05, 0.1) is 43.8 Å². The predicted molar refractivity (Wildman–Crippen MR) is 347 cm³/mol. The van der Waals surface area contributed by atoms with E-state index < -0.39 is 264 Å². The third-order valence-corrected chi connectivity index (χ3v) is 22.8. The van der Waals surface area contributed by atoms with E-state index in [2.05, 4.69) is 50.5 Å². The van der Waals surface area contributed by atoms with Gasteiger partial charge in [0.15, 0.2) is 43.7 Å². The van der Waals surface area contributed by atoms with Gasteiger partial charge in [0.1, 0.15) is 110 Å². The summed E-state index contributed by atoms with van der Waals surface area (Å²) in [5.74, 6) is -5.25. The van der Waals surface area contributed by atoms with Crippen molar-refractivity contribution < 1.29 is 496 Å². The first-order valence-corrected chi connectivity index (χ1v) is 43.9. The molecule has 0 spiro atoms. The molecule has 7 aliphatic heterocycles. The summed E-state index contributed by atoms with van der Waals surface area (Å²) in [5, 5.41) is 38.2. The summed E-state index contributed by atoms with van der Waals surface area (Å²) in [5.41, 5.74) is 0. The van der Waals surface area contributed by atoms with Crippen molar-refractivity contribution in [2.75, 3.05) is 81.9 Å². The molecular formula is C53H79N4Na9O51S8. The molecule has 7 fully saturated rings. The maximum atomic E-state index is 13.9. The maximum Gasteiger partial charge on any atom is 1.00 e. The van der Waals surface area contributed by atoms with Crippen LogP contribution in [0, 0.1) is 0 Å². The fourth-order valence-electron chi connectivity index (χ4n) is 13.6. The standard InChI is InChI=1S/C53H88N4O51S8.9Na/c1-86-30-22(17-93-110(65,66)67)96-48(29(33(30)87-2)56-27(59)15-9-8-12-16-54-26(58)14-11-10-13-25-28-21(20-109-25)55-53(64)57-28)101-36-34(88-3)42(90-5)50(103-40(36)46(60)61)100-32-24(19-95-112(71,72)73)98-52(45(108-116(83,84)85)39(32)106-114(77,78)79)102-37-35(89-4)43(91-6)51(104-41(37)47(62)63)99-31-23(18-94-111(68,69)70)97-49(92-7)44(107-115(80,81)82)38(31)105-113(74,75)76;;;;;;;;;/h21-25,28-45,48-52H,8-20H2,1-7H3,(H,54,58)(H,56,59)(H,60,61)(H,62,63)(H2,55,57,64)(H,65,66,67)(H,68,69,70)(H,71,72,73)(H,74,75,76)(H,77,78,79)(H,80,81,82)(H,83,84,85);;;;;;;;;/q;9*+1/p-9/t21-,22+,23+,24+,25-,28-,29+,30+,31+,32+,33+,34-,35-,36-,37-,38-,39-,40-,41+,42+,43+,44+,45+,48+,49-,50+,51+,52+;;;;;;;;;/m0........./s1. The number of amides is 4. The molecule has 0 aromatic heterocycles. The van der Waals surface area contributed by atoms with Gasteiger partial charge < -0.3 is 149 Å². The number of nitrogens with one attached hydrogen (secondary N) is 4. The second kappa shape index (κ2) is 60.4. The first kappa shape index (κ1) is 134. The number of methoxy groups -OCH3 is 7. The van der Waals surface area contributed by atoms with Gasteiger partial charge in [-0.05, 0) is 25.7 Å². The minimum atomic E-state index is -6.58. The van der Waals surface area contributed by atoms with E-state index in [0.717, 1.165) is 47.0 Å². The number of thioether (sulfide) groups is 1. The van der Waals surface area contributed by atoms with Crippen molar-refractivity contribution in [1.82, 2.24) is 21.3 Å². The Morgan fingerprint density at radius 2 is 0.736 bits per heavy atom. The van der Waals surface area contributed by atoms with Crippen molar-refractivity contribution in [3.05, 3.63) is 0 Å². The smallest absolute Gasteiger partial charge is 0.726 e. The van der Waals surface area contributed by atoms with Crippen LogP contribution in [-0.2, 0) is 197 Å². The molecule has 0 unspecified atom stereocenters. The zero-order valence-electron chi connectivity index (χ0n) is 69.9. The van der Waals surface area contributed by atoms with E-state index in [1.165, 1.54) is 0 Å². The molecular weight excluding hydrogens is 1970 g/mol. The summed E-state index contributed by atoms with van der Waals surface area (Å²) in [6, 6.07) is -1.90. The Balaban J connectivity index is -0.0000165. The molecule has 0 aromatic rings.